The number of aliphatic carboxylic acids is 1. The first-order valence-electron chi connectivity index (χ1n) is 8.35. The van der Waals surface area contributed by atoms with Crippen LogP contribution in [0.3, 0.4) is 0 Å². The summed E-state index contributed by atoms with van der Waals surface area (Å²) in [6, 6.07) is 4.73. The van der Waals surface area contributed by atoms with E-state index >= 15 is 0 Å². The molecule has 2 N–H and O–H groups in total. The first-order valence-corrected chi connectivity index (χ1v) is 9.23. The van der Waals surface area contributed by atoms with E-state index in [9.17, 15) is 22.8 Å². The van der Waals surface area contributed by atoms with Crippen LogP contribution in [0.5, 0.6) is 0 Å². The molecule has 11 heteroatoms. The van der Waals surface area contributed by atoms with Crippen LogP contribution in [0.2, 0.25) is 0 Å². The van der Waals surface area contributed by atoms with Crippen molar-refractivity contribution in [1.82, 2.24) is 14.8 Å². The summed E-state index contributed by atoms with van der Waals surface area (Å²) in [5.74, 6) is -1.20. The standard InChI is InChI=1S/C17H17F3N4O3S/c18-17(19,20)11-2-1-3-12(8-11)21-16-22-13(10-28-16)15(27)24-6-4-23(5-7-24)9-14(25)26/h1-3,8,10H,4-7,9H2,(H,21,22)(H,25,26). The lowest BCUT2D eigenvalue weighted by atomic mass is 10.2. The third-order valence-corrected chi connectivity index (χ3v) is 4.94. The molecule has 1 amide bonds. The van der Waals surface area contributed by atoms with Gasteiger partial charge < -0.3 is 15.3 Å². The number of alkyl halides is 3. The van der Waals surface area contributed by atoms with Gasteiger partial charge in [-0.1, -0.05) is 6.07 Å². The number of hydrogen-bond acceptors (Lipinski definition) is 6. The molecule has 7 nitrogen and oxygen atoms in total. The Morgan fingerprint density at radius 3 is 2.57 bits per heavy atom. The second kappa shape index (κ2) is 8.15. The Morgan fingerprint density at radius 2 is 1.93 bits per heavy atom. The van der Waals surface area contributed by atoms with Crippen molar-refractivity contribution < 1.29 is 27.9 Å². The van der Waals surface area contributed by atoms with E-state index in [4.69, 9.17) is 5.11 Å². The summed E-state index contributed by atoms with van der Waals surface area (Å²) in [6.45, 7) is 1.62. The van der Waals surface area contributed by atoms with Gasteiger partial charge in [-0.15, -0.1) is 11.3 Å². The van der Waals surface area contributed by atoms with Gasteiger partial charge in [-0.25, -0.2) is 4.98 Å². The Hall–Kier alpha value is -2.66. The molecule has 0 bridgehead atoms. The highest BCUT2D eigenvalue weighted by Gasteiger charge is 2.30. The minimum Gasteiger partial charge on any atom is -0.480 e. The molecule has 0 atom stereocenters. The summed E-state index contributed by atoms with van der Waals surface area (Å²) in [5.41, 5.74) is -0.346. The van der Waals surface area contributed by atoms with Crippen LogP contribution < -0.4 is 5.32 Å². The smallest absolute Gasteiger partial charge is 0.416 e. The van der Waals surface area contributed by atoms with E-state index in [1.807, 2.05) is 0 Å². The number of aromatic nitrogens is 1. The molecular weight excluding hydrogens is 397 g/mol. The van der Waals surface area contributed by atoms with Gasteiger partial charge >= 0.3 is 12.1 Å². The summed E-state index contributed by atoms with van der Waals surface area (Å²) >= 11 is 1.12. The highest BCUT2D eigenvalue weighted by molar-refractivity contribution is 7.14. The number of benzene rings is 1. The average Bonchev–Trinajstić information content (AvgIpc) is 3.09. The lowest BCUT2D eigenvalue weighted by Gasteiger charge is -2.33. The highest BCUT2D eigenvalue weighted by Crippen LogP contribution is 2.31. The number of carbonyl (C=O) groups is 2. The van der Waals surface area contributed by atoms with E-state index in [0.29, 0.717) is 31.3 Å². The summed E-state index contributed by atoms with van der Waals surface area (Å²) in [7, 11) is 0. The van der Waals surface area contributed by atoms with Crippen LogP contribution in [0.1, 0.15) is 16.1 Å². The van der Waals surface area contributed by atoms with E-state index in [2.05, 4.69) is 10.3 Å². The van der Waals surface area contributed by atoms with Crippen LogP contribution in [0.15, 0.2) is 29.6 Å². The van der Waals surface area contributed by atoms with Crippen molar-refractivity contribution in [2.75, 3.05) is 38.0 Å². The minimum atomic E-state index is -4.44. The fourth-order valence-corrected chi connectivity index (χ4v) is 3.49. The molecule has 0 spiro atoms. The number of carboxylic acid groups (broad SMARTS) is 1. The van der Waals surface area contributed by atoms with Gasteiger partial charge in [0, 0.05) is 37.2 Å². The van der Waals surface area contributed by atoms with Crippen LogP contribution in [0.4, 0.5) is 24.0 Å². The van der Waals surface area contributed by atoms with E-state index in [1.165, 1.54) is 12.1 Å². The van der Waals surface area contributed by atoms with E-state index in [0.717, 1.165) is 23.5 Å². The SMILES string of the molecule is O=C(O)CN1CCN(C(=O)c2csc(Nc3cccc(C(F)(F)F)c3)n2)CC1. The third-order valence-electron chi connectivity index (χ3n) is 4.18. The molecular formula is C17H17F3N4O3S. The molecule has 1 aromatic heterocycles. The van der Waals surface area contributed by atoms with Crippen molar-refractivity contribution in [2.45, 2.75) is 6.18 Å². The molecule has 1 fully saturated rings. The van der Waals surface area contributed by atoms with Gasteiger partial charge in [-0.3, -0.25) is 14.5 Å². The van der Waals surface area contributed by atoms with Crippen molar-refractivity contribution in [3.8, 4) is 0 Å². The normalized spacial score (nSPS) is 15.5. The average molecular weight is 414 g/mol. The second-order valence-corrected chi connectivity index (χ2v) is 7.06. The minimum absolute atomic E-state index is 0.0657. The third kappa shape index (κ3) is 4.98. The molecule has 1 aliphatic rings. The largest absolute Gasteiger partial charge is 0.480 e. The number of halogens is 3. The van der Waals surface area contributed by atoms with Gasteiger partial charge in [0.2, 0.25) is 0 Å². The van der Waals surface area contributed by atoms with Gasteiger partial charge in [0.15, 0.2) is 5.13 Å². The molecule has 0 radical (unpaired) electrons. The zero-order valence-electron chi connectivity index (χ0n) is 14.6. The van der Waals surface area contributed by atoms with Crippen molar-refractivity contribution in [3.63, 3.8) is 0 Å². The van der Waals surface area contributed by atoms with Crippen molar-refractivity contribution in [3.05, 3.63) is 40.9 Å². The summed E-state index contributed by atoms with van der Waals surface area (Å²) in [6.07, 6.45) is -4.44. The molecule has 2 aromatic rings. The van der Waals surface area contributed by atoms with Gasteiger partial charge in [0.05, 0.1) is 12.1 Å². The fraction of sp³-hybridized carbons (Fsp3) is 0.353. The van der Waals surface area contributed by atoms with E-state index < -0.39 is 17.7 Å². The number of carbonyl (C=O) groups excluding carboxylic acids is 1. The van der Waals surface area contributed by atoms with Crippen LogP contribution in [0, 0.1) is 0 Å². The van der Waals surface area contributed by atoms with Crippen molar-refractivity contribution in [2.24, 2.45) is 0 Å². The Morgan fingerprint density at radius 1 is 1.21 bits per heavy atom. The molecule has 28 heavy (non-hydrogen) atoms. The molecule has 1 aromatic carbocycles. The molecule has 0 saturated carbocycles. The number of piperazine rings is 1. The number of amides is 1. The van der Waals surface area contributed by atoms with Gasteiger partial charge in [0.1, 0.15) is 5.69 Å². The Kier molecular flexibility index (Phi) is 5.84. The van der Waals surface area contributed by atoms with Gasteiger partial charge in [-0.2, -0.15) is 13.2 Å². The number of thiazole rings is 1. The summed E-state index contributed by atoms with van der Waals surface area (Å²) in [4.78, 5) is 30.8. The first kappa shape index (κ1) is 20.1. The maximum absolute atomic E-state index is 12.8. The van der Waals surface area contributed by atoms with Crippen LogP contribution in [-0.4, -0.2) is 64.5 Å². The lowest BCUT2D eigenvalue weighted by Crippen LogP contribution is -2.49. The number of anilines is 2. The molecule has 0 unspecified atom stereocenters. The van der Waals surface area contributed by atoms with E-state index in [1.54, 1.807) is 15.2 Å². The van der Waals surface area contributed by atoms with Crippen molar-refractivity contribution in [1.29, 1.82) is 0 Å². The highest BCUT2D eigenvalue weighted by atomic mass is 32.1. The maximum Gasteiger partial charge on any atom is 0.416 e. The Labute approximate surface area is 162 Å². The first-order chi connectivity index (χ1) is 13.2. The molecule has 1 saturated heterocycles. The summed E-state index contributed by atoms with van der Waals surface area (Å²) in [5, 5.41) is 13.4. The number of nitrogens with one attached hydrogen (secondary N) is 1. The van der Waals surface area contributed by atoms with Crippen LogP contribution in [0.25, 0.3) is 0 Å². The van der Waals surface area contributed by atoms with Crippen LogP contribution >= 0.6 is 11.3 Å². The predicted molar refractivity (Wildman–Crippen MR) is 96.8 cm³/mol. The summed E-state index contributed by atoms with van der Waals surface area (Å²) < 4.78 is 38.4. The van der Waals surface area contributed by atoms with Crippen molar-refractivity contribution >= 4 is 34.0 Å². The van der Waals surface area contributed by atoms with E-state index in [-0.39, 0.29) is 23.8 Å². The molecule has 3 rings (SSSR count). The molecule has 150 valence electrons. The lowest BCUT2D eigenvalue weighted by molar-refractivity contribution is -0.139. The molecule has 0 aliphatic carbocycles. The Bertz CT molecular complexity index is 863. The van der Waals surface area contributed by atoms with Gasteiger partial charge in [0.25, 0.3) is 5.91 Å². The topological polar surface area (TPSA) is 85.8 Å². The van der Waals surface area contributed by atoms with Gasteiger partial charge in [-0.05, 0) is 18.2 Å². The Balaban J connectivity index is 1.61. The maximum atomic E-state index is 12.8. The number of carboxylic acids is 1. The predicted octanol–water partition coefficient (Wildman–Crippen LogP) is 2.75. The quantitative estimate of drug-likeness (QED) is 0.783. The number of rotatable bonds is 5. The van der Waals surface area contributed by atoms with Crippen LogP contribution in [-0.2, 0) is 11.0 Å². The zero-order chi connectivity index (χ0) is 20.3. The second-order valence-electron chi connectivity index (χ2n) is 6.20. The number of nitrogens with zero attached hydrogens (tertiary/aromatic N) is 3. The monoisotopic (exact) mass is 414 g/mol. The zero-order valence-corrected chi connectivity index (χ0v) is 15.4. The number of hydrogen-bond donors (Lipinski definition) is 2. The molecule has 1 aliphatic heterocycles. The molecule has 2 heterocycles. The fourth-order valence-electron chi connectivity index (χ4n) is 2.79.